The van der Waals surface area contributed by atoms with Crippen molar-refractivity contribution < 1.29 is 23.5 Å². The molecule has 0 aromatic carbocycles. The fraction of sp³-hybridized carbons (Fsp3) is 0.619. The zero-order valence-electron chi connectivity index (χ0n) is 16.0. The Balaban J connectivity index is 1.97. The highest BCUT2D eigenvalue weighted by Gasteiger charge is 2.59. The molecule has 3 rings (SSSR count). The molecule has 2 aliphatic rings. The molecule has 1 saturated heterocycles. The first-order valence-electron chi connectivity index (χ1n) is 9.36. The van der Waals surface area contributed by atoms with Gasteiger partial charge < -0.3 is 13.9 Å². The number of carbonyl (C=O) groups excluding carboxylic acids is 2. The van der Waals surface area contributed by atoms with E-state index in [0.29, 0.717) is 19.3 Å². The third-order valence-corrected chi connectivity index (χ3v) is 6.34. The minimum Gasteiger partial charge on any atom is -0.472 e. The van der Waals surface area contributed by atoms with Gasteiger partial charge in [-0.25, -0.2) is 0 Å². The van der Waals surface area contributed by atoms with E-state index in [1.807, 2.05) is 6.07 Å². The number of allylic oxidation sites excluding steroid dienone is 2. The summed E-state index contributed by atoms with van der Waals surface area (Å²) in [6, 6.07) is 1.86. The summed E-state index contributed by atoms with van der Waals surface area (Å²) in [5.74, 6) is -0.147. The minimum atomic E-state index is -0.583. The maximum Gasteiger partial charge on any atom is 0.313 e. The summed E-state index contributed by atoms with van der Waals surface area (Å²) in [5.41, 5.74) is 2.86. The summed E-state index contributed by atoms with van der Waals surface area (Å²) >= 11 is 0. The van der Waals surface area contributed by atoms with Gasteiger partial charge in [-0.15, -0.1) is 0 Å². The van der Waals surface area contributed by atoms with Crippen LogP contribution in [0.2, 0.25) is 0 Å². The predicted molar refractivity (Wildman–Crippen MR) is 96.1 cm³/mol. The van der Waals surface area contributed by atoms with Crippen LogP contribution in [-0.4, -0.2) is 19.0 Å². The van der Waals surface area contributed by atoms with E-state index in [-0.39, 0.29) is 29.9 Å². The highest BCUT2D eigenvalue weighted by molar-refractivity contribution is 5.81. The molecule has 0 bridgehead atoms. The fourth-order valence-electron chi connectivity index (χ4n) is 4.85. The van der Waals surface area contributed by atoms with E-state index in [4.69, 9.17) is 13.9 Å². The Bertz CT molecular complexity index is 698. The van der Waals surface area contributed by atoms with Crippen LogP contribution < -0.4 is 0 Å². The van der Waals surface area contributed by atoms with E-state index in [1.54, 1.807) is 12.5 Å². The summed E-state index contributed by atoms with van der Waals surface area (Å²) in [6.45, 7) is 6.34. The molecule has 1 spiro atoms. The van der Waals surface area contributed by atoms with Gasteiger partial charge in [-0.05, 0) is 51.0 Å². The molecule has 0 amide bonds. The zero-order chi connectivity index (χ0) is 18.9. The molecule has 0 radical (unpaired) electrons. The van der Waals surface area contributed by atoms with Crippen LogP contribution in [-0.2, 0) is 19.1 Å². The normalized spacial score (nSPS) is 31.2. The third-order valence-electron chi connectivity index (χ3n) is 6.34. The predicted octanol–water partition coefficient (Wildman–Crippen LogP) is 4.59. The number of hydrogen-bond donors (Lipinski definition) is 0. The van der Waals surface area contributed by atoms with Crippen molar-refractivity contribution in [2.75, 3.05) is 7.11 Å². The Hall–Kier alpha value is -2.04. The van der Waals surface area contributed by atoms with Crippen LogP contribution in [0.25, 0.3) is 0 Å². The van der Waals surface area contributed by atoms with Crippen LogP contribution in [0, 0.1) is 17.3 Å². The van der Waals surface area contributed by atoms with Crippen molar-refractivity contribution >= 4 is 11.9 Å². The van der Waals surface area contributed by atoms with Gasteiger partial charge in [0.1, 0.15) is 6.10 Å². The van der Waals surface area contributed by atoms with Gasteiger partial charge >= 0.3 is 11.9 Å². The largest absolute Gasteiger partial charge is 0.472 e. The number of rotatable bonds is 4. The Kier molecular flexibility index (Phi) is 5.26. The van der Waals surface area contributed by atoms with Gasteiger partial charge in [0, 0.05) is 18.4 Å². The number of hydrogen-bond acceptors (Lipinski definition) is 5. The number of methoxy groups -OCH3 is 1. The van der Waals surface area contributed by atoms with Crippen molar-refractivity contribution in [3.05, 3.63) is 35.3 Å². The monoisotopic (exact) mass is 360 g/mol. The van der Waals surface area contributed by atoms with E-state index < -0.39 is 5.41 Å². The van der Waals surface area contributed by atoms with Crippen molar-refractivity contribution in [3.8, 4) is 0 Å². The Morgan fingerprint density at radius 2 is 2.15 bits per heavy atom. The average molecular weight is 360 g/mol. The topological polar surface area (TPSA) is 65.7 Å². The molecule has 26 heavy (non-hydrogen) atoms. The van der Waals surface area contributed by atoms with Crippen LogP contribution in [0.4, 0.5) is 0 Å². The maximum absolute atomic E-state index is 13.2. The second kappa shape index (κ2) is 7.29. The first-order valence-corrected chi connectivity index (χ1v) is 9.36. The second-order valence-corrected chi connectivity index (χ2v) is 7.83. The molecule has 0 N–H and O–H groups in total. The van der Waals surface area contributed by atoms with Crippen LogP contribution in [0.15, 0.2) is 34.2 Å². The maximum atomic E-state index is 13.2. The van der Waals surface area contributed by atoms with Crippen molar-refractivity contribution in [1.82, 2.24) is 0 Å². The van der Waals surface area contributed by atoms with Crippen molar-refractivity contribution in [1.29, 1.82) is 0 Å². The van der Waals surface area contributed by atoms with E-state index in [0.717, 1.165) is 18.4 Å². The van der Waals surface area contributed by atoms with E-state index in [2.05, 4.69) is 20.8 Å². The lowest BCUT2D eigenvalue weighted by Gasteiger charge is -2.45. The number of esters is 2. The number of furan rings is 1. The van der Waals surface area contributed by atoms with E-state index in [9.17, 15) is 9.59 Å². The van der Waals surface area contributed by atoms with Crippen LogP contribution >= 0.6 is 0 Å². The first kappa shape index (κ1) is 18.7. The summed E-state index contributed by atoms with van der Waals surface area (Å²) in [6.07, 6.45) is 6.48. The van der Waals surface area contributed by atoms with Gasteiger partial charge in [0.05, 0.1) is 25.1 Å². The van der Waals surface area contributed by atoms with Gasteiger partial charge in [-0.2, -0.15) is 0 Å². The number of carbonyl (C=O) groups is 2. The molecule has 1 saturated carbocycles. The third kappa shape index (κ3) is 3.08. The SMILES string of the molecule is COC(=O)CC[C@H]1C(=C(C)C)CC[C@@H](C)[C@]12C[C@@H](c1ccoc1)OC2=O. The summed E-state index contributed by atoms with van der Waals surface area (Å²) < 4.78 is 15.8. The lowest BCUT2D eigenvalue weighted by Crippen LogP contribution is -2.45. The van der Waals surface area contributed by atoms with Crippen LogP contribution in [0.1, 0.15) is 64.5 Å². The highest BCUT2D eigenvalue weighted by atomic mass is 16.6. The lowest BCUT2D eigenvalue weighted by atomic mass is 9.55. The van der Waals surface area contributed by atoms with Gasteiger partial charge in [0.25, 0.3) is 0 Å². The molecular weight excluding hydrogens is 332 g/mol. The molecule has 5 nitrogen and oxygen atoms in total. The molecule has 1 aliphatic heterocycles. The number of cyclic esters (lactones) is 1. The molecule has 1 aromatic heterocycles. The quantitative estimate of drug-likeness (QED) is 0.580. The first-order chi connectivity index (χ1) is 12.4. The average Bonchev–Trinajstić information content (AvgIpc) is 3.24. The van der Waals surface area contributed by atoms with Crippen LogP contribution in [0.3, 0.4) is 0 Å². The molecule has 2 heterocycles. The second-order valence-electron chi connectivity index (χ2n) is 7.83. The smallest absolute Gasteiger partial charge is 0.313 e. The standard InChI is InChI=1S/C21H28O5/c1-13(2)16-6-5-14(3)21(17(16)7-8-19(22)24-4)11-18(26-20(21)23)15-9-10-25-12-15/h9-10,12,14,17-18H,5-8,11H2,1-4H3/t14-,17+,18+,21-/m1/s1. The Labute approximate surface area is 154 Å². The van der Waals surface area contributed by atoms with Crippen molar-refractivity contribution in [2.24, 2.45) is 17.3 Å². The summed E-state index contributed by atoms with van der Waals surface area (Å²) in [5, 5.41) is 0. The van der Waals surface area contributed by atoms with Gasteiger partial charge in [-0.3, -0.25) is 9.59 Å². The molecule has 1 aliphatic carbocycles. The number of ether oxygens (including phenoxy) is 2. The zero-order valence-corrected chi connectivity index (χ0v) is 16.0. The molecular formula is C21H28O5. The minimum absolute atomic E-state index is 0.0137. The van der Waals surface area contributed by atoms with Gasteiger partial charge in [0.2, 0.25) is 0 Å². The van der Waals surface area contributed by atoms with E-state index in [1.165, 1.54) is 18.3 Å². The molecule has 142 valence electrons. The fourth-order valence-corrected chi connectivity index (χ4v) is 4.85. The molecule has 2 fully saturated rings. The highest BCUT2D eigenvalue weighted by Crippen LogP contribution is 2.59. The lowest BCUT2D eigenvalue weighted by molar-refractivity contribution is -0.155. The van der Waals surface area contributed by atoms with E-state index >= 15 is 0 Å². The van der Waals surface area contributed by atoms with Crippen molar-refractivity contribution in [2.45, 2.75) is 59.0 Å². The molecule has 4 atom stereocenters. The Morgan fingerprint density at radius 3 is 2.77 bits per heavy atom. The molecule has 5 heteroatoms. The molecule has 1 aromatic rings. The van der Waals surface area contributed by atoms with Gasteiger partial charge in [0.15, 0.2) is 0 Å². The molecule has 0 unspecified atom stereocenters. The van der Waals surface area contributed by atoms with Crippen LogP contribution in [0.5, 0.6) is 0 Å². The van der Waals surface area contributed by atoms with Crippen molar-refractivity contribution in [3.63, 3.8) is 0 Å². The van der Waals surface area contributed by atoms with Gasteiger partial charge in [-0.1, -0.05) is 18.1 Å². The summed E-state index contributed by atoms with van der Waals surface area (Å²) in [4.78, 5) is 24.9. The Morgan fingerprint density at radius 1 is 1.38 bits per heavy atom. The summed E-state index contributed by atoms with van der Waals surface area (Å²) in [7, 11) is 1.40.